The maximum atomic E-state index is 11.0. The summed E-state index contributed by atoms with van der Waals surface area (Å²) in [5.74, 6) is -0.681. The molecule has 0 rings (SSSR count). The molecular formula is C22H45NO2Ru. The van der Waals surface area contributed by atoms with Crippen molar-refractivity contribution in [1.82, 2.24) is 4.90 Å². The molecule has 0 saturated carbocycles. The summed E-state index contributed by atoms with van der Waals surface area (Å²) < 4.78 is 0. The van der Waals surface area contributed by atoms with Gasteiger partial charge in [0.2, 0.25) is 0 Å². The number of nitrogens with zero attached hydrogens (tertiary/aromatic N) is 1. The van der Waals surface area contributed by atoms with Gasteiger partial charge < -0.3 is 5.11 Å². The van der Waals surface area contributed by atoms with Gasteiger partial charge in [-0.1, -0.05) is 104 Å². The van der Waals surface area contributed by atoms with Crippen LogP contribution in [0.4, 0.5) is 0 Å². The second-order valence-corrected chi connectivity index (χ2v) is 7.62. The third-order valence-electron chi connectivity index (χ3n) is 5.01. The Morgan fingerprint density at radius 3 is 1.23 bits per heavy atom. The van der Waals surface area contributed by atoms with Crippen LogP contribution in [0.1, 0.15) is 117 Å². The third kappa shape index (κ3) is 22.1. The second kappa shape index (κ2) is 23.1. The summed E-state index contributed by atoms with van der Waals surface area (Å²) in [6.07, 6.45) is 20.9. The predicted molar refractivity (Wildman–Crippen MR) is 109 cm³/mol. The van der Waals surface area contributed by atoms with Crippen molar-refractivity contribution in [3.05, 3.63) is 0 Å². The number of unbranched alkanes of at least 4 members (excludes halogenated alkanes) is 14. The van der Waals surface area contributed by atoms with Crippen molar-refractivity contribution in [2.24, 2.45) is 0 Å². The Bertz CT molecular complexity index is 267. The first-order valence-corrected chi connectivity index (χ1v) is 11.1. The fourth-order valence-electron chi connectivity index (χ4n) is 3.40. The van der Waals surface area contributed by atoms with Crippen LogP contribution in [0.15, 0.2) is 0 Å². The van der Waals surface area contributed by atoms with Crippen LogP contribution in [-0.4, -0.2) is 35.6 Å². The molecule has 0 aromatic heterocycles. The third-order valence-corrected chi connectivity index (χ3v) is 5.01. The number of carboxylic acids is 1. The van der Waals surface area contributed by atoms with Crippen LogP contribution in [0.2, 0.25) is 0 Å². The van der Waals surface area contributed by atoms with Gasteiger partial charge in [-0.15, -0.1) is 0 Å². The second-order valence-electron chi connectivity index (χ2n) is 7.62. The van der Waals surface area contributed by atoms with Crippen LogP contribution in [0.25, 0.3) is 0 Å². The molecule has 0 fully saturated rings. The summed E-state index contributed by atoms with van der Waals surface area (Å²) in [5, 5.41) is 9.09. The van der Waals surface area contributed by atoms with Crippen LogP contribution in [-0.2, 0) is 24.3 Å². The summed E-state index contributed by atoms with van der Waals surface area (Å²) in [5.41, 5.74) is 0. The Morgan fingerprint density at radius 2 is 0.923 bits per heavy atom. The quantitative estimate of drug-likeness (QED) is 0.165. The van der Waals surface area contributed by atoms with Gasteiger partial charge in [0.25, 0.3) is 0 Å². The average molecular weight is 457 g/mol. The average Bonchev–Trinajstić information content (AvgIpc) is 2.58. The van der Waals surface area contributed by atoms with Crippen LogP contribution in [0.5, 0.6) is 0 Å². The Labute approximate surface area is 176 Å². The van der Waals surface area contributed by atoms with Gasteiger partial charge in [0.15, 0.2) is 0 Å². The molecule has 0 atom stereocenters. The summed E-state index contributed by atoms with van der Waals surface area (Å²) in [4.78, 5) is 13.2. The maximum Gasteiger partial charge on any atom is 0.317 e. The molecular weight excluding hydrogens is 411 g/mol. The monoisotopic (exact) mass is 457 g/mol. The van der Waals surface area contributed by atoms with Crippen molar-refractivity contribution in [1.29, 1.82) is 0 Å². The summed E-state index contributed by atoms with van der Waals surface area (Å²) in [6, 6.07) is 0. The van der Waals surface area contributed by atoms with E-state index in [9.17, 15) is 4.79 Å². The molecule has 0 spiro atoms. The molecule has 0 saturated heterocycles. The van der Waals surface area contributed by atoms with E-state index in [-0.39, 0.29) is 26.0 Å². The van der Waals surface area contributed by atoms with Crippen molar-refractivity contribution < 1.29 is 29.4 Å². The van der Waals surface area contributed by atoms with Gasteiger partial charge in [0, 0.05) is 19.5 Å². The van der Waals surface area contributed by atoms with E-state index in [1.54, 1.807) is 0 Å². The zero-order chi connectivity index (χ0) is 18.6. The molecule has 0 aliphatic carbocycles. The number of hydrogen-bond acceptors (Lipinski definition) is 2. The zero-order valence-electron chi connectivity index (χ0n) is 17.6. The predicted octanol–water partition coefficient (Wildman–Crippen LogP) is 6.65. The number of carboxylic acid groups (broad SMARTS) is 1. The fourth-order valence-corrected chi connectivity index (χ4v) is 3.40. The molecule has 0 bridgehead atoms. The largest absolute Gasteiger partial charge is 0.480 e. The standard InChI is InChI=1S/C22H45NO2.Ru/c1-3-5-7-9-11-13-15-17-19-23(21-22(24)25)20-18-16-14-12-10-8-6-4-2;/h3-21H2,1-2H3,(H,24,25);. The summed E-state index contributed by atoms with van der Waals surface area (Å²) >= 11 is 0. The van der Waals surface area contributed by atoms with E-state index >= 15 is 0 Å². The van der Waals surface area contributed by atoms with Crippen molar-refractivity contribution in [2.45, 2.75) is 117 Å². The van der Waals surface area contributed by atoms with Crippen LogP contribution in [0, 0.1) is 0 Å². The Hall–Kier alpha value is 0.0534. The fraction of sp³-hybridized carbons (Fsp3) is 0.955. The molecule has 0 aliphatic heterocycles. The molecule has 3 nitrogen and oxygen atoms in total. The van der Waals surface area contributed by atoms with Crippen molar-refractivity contribution in [2.75, 3.05) is 19.6 Å². The minimum Gasteiger partial charge on any atom is -0.480 e. The smallest absolute Gasteiger partial charge is 0.317 e. The van der Waals surface area contributed by atoms with Crippen molar-refractivity contribution >= 4 is 5.97 Å². The van der Waals surface area contributed by atoms with Crippen LogP contribution in [0.3, 0.4) is 0 Å². The topological polar surface area (TPSA) is 40.5 Å². The van der Waals surface area contributed by atoms with Gasteiger partial charge in [0.05, 0.1) is 6.54 Å². The van der Waals surface area contributed by atoms with Crippen molar-refractivity contribution in [3.63, 3.8) is 0 Å². The molecule has 4 heteroatoms. The molecule has 158 valence electrons. The van der Waals surface area contributed by atoms with Gasteiger partial charge in [0.1, 0.15) is 0 Å². The van der Waals surface area contributed by atoms with Gasteiger partial charge in [-0.2, -0.15) is 0 Å². The van der Waals surface area contributed by atoms with Gasteiger partial charge >= 0.3 is 5.97 Å². The van der Waals surface area contributed by atoms with E-state index < -0.39 is 5.97 Å². The number of rotatable bonds is 20. The normalized spacial score (nSPS) is 10.9. The van der Waals surface area contributed by atoms with E-state index in [4.69, 9.17) is 5.11 Å². The molecule has 0 unspecified atom stereocenters. The molecule has 0 aliphatic rings. The minimum absolute atomic E-state index is 0. The molecule has 1 N–H and O–H groups in total. The van der Waals surface area contributed by atoms with Crippen LogP contribution >= 0.6 is 0 Å². The zero-order valence-corrected chi connectivity index (χ0v) is 19.3. The molecule has 0 heterocycles. The molecule has 0 aromatic carbocycles. The van der Waals surface area contributed by atoms with Crippen molar-refractivity contribution in [3.8, 4) is 0 Å². The van der Waals surface area contributed by atoms with E-state index in [0.717, 1.165) is 25.9 Å². The Balaban J connectivity index is 0. The Kier molecular flexibility index (Phi) is 25.1. The van der Waals surface area contributed by atoms with Gasteiger partial charge in [-0.3, -0.25) is 9.69 Å². The minimum atomic E-state index is -0.681. The summed E-state index contributed by atoms with van der Waals surface area (Å²) in [7, 11) is 0. The van der Waals surface area contributed by atoms with Gasteiger partial charge in [-0.25, -0.2) is 0 Å². The first kappa shape index (κ1) is 28.3. The Morgan fingerprint density at radius 1 is 0.615 bits per heavy atom. The number of hydrogen-bond donors (Lipinski definition) is 1. The van der Waals surface area contributed by atoms with Crippen LogP contribution < -0.4 is 0 Å². The SMILES string of the molecule is CCCCCCCCCCN(CCCCCCCCCC)CC(=O)O.[Ru]. The maximum absolute atomic E-state index is 11.0. The molecule has 0 amide bonds. The first-order valence-electron chi connectivity index (χ1n) is 11.1. The van der Waals surface area contributed by atoms with E-state index in [1.165, 1.54) is 89.9 Å². The van der Waals surface area contributed by atoms with E-state index in [0.29, 0.717) is 0 Å². The van der Waals surface area contributed by atoms with E-state index in [1.807, 2.05) is 0 Å². The molecule has 0 radical (unpaired) electrons. The summed E-state index contributed by atoms with van der Waals surface area (Å²) in [6.45, 7) is 6.63. The first-order chi connectivity index (χ1) is 12.2. The molecule has 26 heavy (non-hydrogen) atoms. The number of aliphatic carboxylic acids is 1. The molecule has 0 aromatic rings. The van der Waals surface area contributed by atoms with Gasteiger partial charge in [-0.05, 0) is 25.9 Å². The van der Waals surface area contributed by atoms with E-state index in [2.05, 4.69) is 18.7 Å². The number of carbonyl (C=O) groups is 1.